The lowest BCUT2D eigenvalue weighted by Crippen LogP contribution is -2.40. The molecule has 1 fully saturated rings. The topological polar surface area (TPSA) is 41.6 Å². The van der Waals surface area contributed by atoms with Gasteiger partial charge in [-0.1, -0.05) is 12.1 Å². The third-order valence-electron chi connectivity index (χ3n) is 2.98. The van der Waals surface area contributed by atoms with Crippen molar-refractivity contribution < 1.29 is 9.53 Å². The number of anilines is 1. The standard InChI is InChI=1S/C14H19N2O2/c17-14(16-9-11-18-12-10-16)7-4-8-15-13-5-2-1-3-6-13/h2-3,5-6,15H,4,7-12H2. The van der Waals surface area contributed by atoms with Crippen molar-refractivity contribution >= 4 is 11.6 Å². The molecule has 97 valence electrons. The lowest BCUT2D eigenvalue weighted by Gasteiger charge is -2.26. The minimum Gasteiger partial charge on any atom is -0.385 e. The molecule has 0 bridgehead atoms. The van der Waals surface area contributed by atoms with Crippen LogP contribution in [0, 0.1) is 6.07 Å². The highest BCUT2D eigenvalue weighted by Crippen LogP contribution is 2.06. The van der Waals surface area contributed by atoms with Gasteiger partial charge >= 0.3 is 0 Å². The van der Waals surface area contributed by atoms with Crippen LogP contribution in [0.4, 0.5) is 5.69 Å². The number of nitrogens with zero attached hydrogens (tertiary/aromatic N) is 1. The highest BCUT2D eigenvalue weighted by Gasteiger charge is 2.15. The zero-order chi connectivity index (χ0) is 12.6. The van der Waals surface area contributed by atoms with Crippen LogP contribution in [0.1, 0.15) is 12.8 Å². The summed E-state index contributed by atoms with van der Waals surface area (Å²) in [6.45, 7) is 3.64. The van der Waals surface area contributed by atoms with Gasteiger partial charge in [-0.3, -0.25) is 4.79 Å². The molecule has 1 aromatic rings. The zero-order valence-electron chi connectivity index (χ0n) is 10.5. The van der Waals surface area contributed by atoms with Gasteiger partial charge in [-0.2, -0.15) is 0 Å². The number of hydrogen-bond donors (Lipinski definition) is 1. The van der Waals surface area contributed by atoms with Gasteiger partial charge in [-0.05, 0) is 24.6 Å². The van der Waals surface area contributed by atoms with Gasteiger partial charge in [0.15, 0.2) is 0 Å². The Bertz CT molecular complexity index is 361. The van der Waals surface area contributed by atoms with E-state index in [9.17, 15) is 4.79 Å². The van der Waals surface area contributed by atoms with E-state index < -0.39 is 0 Å². The van der Waals surface area contributed by atoms with Gasteiger partial charge in [0.2, 0.25) is 5.91 Å². The van der Waals surface area contributed by atoms with Crippen molar-refractivity contribution in [1.82, 2.24) is 4.90 Å². The van der Waals surface area contributed by atoms with Gasteiger partial charge in [-0.15, -0.1) is 0 Å². The third-order valence-corrected chi connectivity index (χ3v) is 2.98. The number of carbonyl (C=O) groups is 1. The maximum atomic E-state index is 11.8. The molecule has 0 aromatic heterocycles. The van der Waals surface area contributed by atoms with Gasteiger partial charge in [0.25, 0.3) is 0 Å². The first kappa shape index (κ1) is 12.9. The molecular weight excluding hydrogens is 228 g/mol. The fourth-order valence-electron chi connectivity index (χ4n) is 1.95. The summed E-state index contributed by atoms with van der Waals surface area (Å²) < 4.78 is 5.22. The molecule has 1 aromatic carbocycles. The predicted octanol–water partition coefficient (Wildman–Crippen LogP) is 1.54. The summed E-state index contributed by atoms with van der Waals surface area (Å²) in [4.78, 5) is 13.7. The highest BCUT2D eigenvalue weighted by molar-refractivity contribution is 5.76. The van der Waals surface area contributed by atoms with E-state index in [1.807, 2.05) is 29.2 Å². The SMILES string of the molecule is O=C(CCCNc1cc[c]cc1)N1CCOCC1. The molecule has 18 heavy (non-hydrogen) atoms. The molecule has 0 atom stereocenters. The molecule has 1 radical (unpaired) electrons. The molecule has 0 spiro atoms. The number of hydrogen-bond acceptors (Lipinski definition) is 3. The van der Waals surface area contributed by atoms with Crippen molar-refractivity contribution in [2.75, 3.05) is 38.2 Å². The maximum absolute atomic E-state index is 11.8. The summed E-state index contributed by atoms with van der Waals surface area (Å²) in [5, 5.41) is 3.29. The summed E-state index contributed by atoms with van der Waals surface area (Å²) in [5.74, 6) is 0.237. The molecule has 1 heterocycles. The van der Waals surface area contributed by atoms with Crippen molar-refractivity contribution in [1.29, 1.82) is 0 Å². The third kappa shape index (κ3) is 4.04. The van der Waals surface area contributed by atoms with Gasteiger partial charge in [0, 0.05) is 31.7 Å². The monoisotopic (exact) mass is 247 g/mol. The lowest BCUT2D eigenvalue weighted by molar-refractivity contribution is -0.135. The Balaban J connectivity index is 1.61. The van der Waals surface area contributed by atoms with E-state index in [1.165, 1.54) is 0 Å². The Kier molecular flexibility index (Phi) is 5.02. The van der Waals surface area contributed by atoms with Gasteiger partial charge in [0.1, 0.15) is 0 Å². The average Bonchev–Trinajstić information content (AvgIpc) is 2.45. The van der Waals surface area contributed by atoms with E-state index in [1.54, 1.807) is 0 Å². The number of benzene rings is 1. The van der Waals surface area contributed by atoms with Gasteiger partial charge in [-0.25, -0.2) is 0 Å². The number of carbonyl (C=O) groups excluding carboxylic acids is 1. The molecule has 1 aliphatic heterocycles. The second-order valence-corrected chi connectivity index (χ2v) is 4.31. The fourth-order valence-corrected chi connectivity index (χ4v) is 1.95. The van der Waals surface area contributed by atoms with E-state index in [4.69, 9.17) is 4.74 Å². The Labute approximate surface area is 108 Å². The summed E-state index contributed by atoms with van der Waals surface area (Å²) in [6.07, 6.45) is 1.46. The summed E-state index contributed by atoms with van der Waals surface area (Å²) in [5.41, 5.74) is 1.08. The number of ether oxygens (including phenoxy) is 1. The van der Waals surface area contributed by atoms with Crippen LogP contribution in [0.15, 0.2) is 24.3 Å². The largest absolute Gasteiger partial charge is 0.385 e. The summed E-state index contributed by atoms with van der Waals surface area (Å²) in [6, 6.07) is 10.7. The molecule has 1 aliphatic rings. The highest BCUT2D eigenvalue weighted by atomic mass is 16.5. The second kappa shape index (κ2) is 7.01. The minimum absolute atomic E-state index is 0.237. The molecule has 0 unspecified atom stereocenters. The quantitative estimate of drug-likeness (QED) is 0.802. The molecule has 2 rings (SSSR count). The van der Waals surface area contributed by atoms with E-state index >= 15 is 0 Å². The first-order valence-corrected chi connectivity index (χ1v) is 6.42. The van der Waals surface area contributed by atoms with Crippen LogP contribution >= 0.6 is 0 Å². The molecular formula is C14H19N2O2. The number of morpholine rings is 1. The van der Waals surface area contributed by atoms with Crippen molar-refractivity contribution in [3.8, 4) is 0 Å². The lowest BCUT2D eigenvalue weighted by atomic mass is 10.2. The van der Waals surface area contributed by atoms with Crippen molar-refractivity contribution in [2.24, 2.45) is 0 Å². The van der Waals surface area contributed by atoms with Crippen LogP contribution in [0.3, 0.4) is 0 Å². The molecule has 1 N–H and O–H groups in total. The maximum Gasteiger partial charge on any atom is 0.222 e. The van der Waals surface area contributed by atoms with E-state index in [2.05, 4.69) is 11.4 Å². The van der Waals surface area contributed by atoms with Crippen LogP contribution in [0.5, 0.6) is 0 Å². The second-order valence-electron chi connectivity index (χ2n) is 4.31. The normalized spacial score (nSPS) is 15.4. The van der Waals surface area contributed by atoms with Crippen molar-refractivity contribution in [3.05, 3.63) is 30.3 Å². The van der Waals surface area contributed by atoms with Crippen molar-refractivity contribution in [3.63, 3.8) is 0 Å². The van der Waals surface area contributed by atoms with Crippen LogP contribution < -0.4 is 5.32 Å². The predicted molar refractivity (Wildman–Crippen MR) is 70.4 cm³/mol. The summed E-state index contributed by atoms with van der Waals surface area (Å²) in [7, 11) is 0. The number of amides is 1. The fraction of sp³-hybridized carbons (Fsp3) is 0.500. The smallest absolute Gasteiger partial charge is 0.222 e. The van der Waals surface area contributed by atoms with Crippen LogP contribution in [-0.4, -0.2) is 43.7 Å². The summed E-state index contributed by atoms with van der Waals surface area (Å²) >= 11 is 0. The molecule has 1 saturated heterocycles. The molecule has 1 amide bonds. The van der Waals surface area contributed by atoms with E-state index in [0.29, 0.717) is 19.6 Å². The van der Waals surface area contributed by atoms with Crippen LogP contribution in [0.25, 0.3) is 0 Å². The van der Waals surface area contributed by atoms with Crippen LogP contribution in [-0.2, 0) is 9.53 Å². The van der Waals surface area contributed by atoms with E-state index in [-0.39, 0.29) is 5.91 Å². The molecule has 0 aliphatic carbocycles. The number of nitrogens with one attached hydrogen (secondary N) is 1. The number of rotatable bonds is 5. The molecule has 4 heteroatoms. The van der Waals surface area contributed by atoms with Gasteiger partial charge in [0.05, 0.1) is 13.2 Å². The van der Waals surface area contributed by atoms with Crippen LogP contribution in [0.2, 0.25) is 0 Å². The Morgan fingerprint density at radius 3 is 2.78 bits per heavy atom. The average molecular weight is 247 g/mol. The molecule has 0 saturated carbocycles. The van der Waals surface area contributed by atoms with Crippen molar-refractivity contribution in [2.45, 2.75) is 12.8 Å². The van der Waals surface area contributed by atoms with Gasteiger partial charge < -0.3 is 15.0 Å². The Hall–Kier alpha value is -1.55. The van der Waals surface area contributed by atoms with E-state index in [0.717, 1.165) is 31.7 Å². The zero-order valence-corrected chi connectivity index (χ0v) is 10.5. The Morgan fingerprint density at radius 2 is 2.06 bits per heavy atom. The minimum atomic E-state index is 0.237. The molecule has 4 nitrogen and oxygen atoms in total. The Morgan fingerprint density at radius 1 is 1.33 bits per heavy atom. The first-order chi connectivity index (χ1) is 8.86. The first-order valence-electron chi connectivity index (χ1n) is 6.42.